The molecule has 1 unspecified atom stereocenters. The van der Waals surface area contributed by atoms with E-state index in [9.17, 15) is 0 Å². The van der Waals surface area contributed by atoms with Gasteiger partial charge in [-0.15, -0.1) is 36.4 Å². The standard InChI is InChI=1S/C2H4Cl.Al.2ClH.2H/c1-2-3;;;;;/h2H,1H3;;2*1H;;. The van der Waals surface area contributed by atoms with Gasteiger partial charge >= 0.3 is 0 Å². The molecule has 6 heavy (non-hydrogen) atoms. The van der Waals surface area contributed by atoms with Gasteiger partial charge in [0.1, 0.15) is 0 Å². The van der Waals surface area contributed by atoms with Crippen LogP contribution in [0, 0.1) is 0 Å². The van der Waals surface area contributed by atoms with Crippen molar-refractivity contribution in [1.29, 1.82) is 0 Å². The molecule has 4 heteroatoms. The summed E-state index contributed by atoms with van der Waals surface area (Å²) >= 11 is 6.45. The molecule has 0 nitrogen and oxygen atoms in total. The van der Waals surface area contributed by atoms with Crippen molar-refractivity contribution < 1.29 is 0 Å². The van der Waals surface area contributed by atoms with Crippen LogP contribution in [-0.2, 0) is 0 Å². The van der Waals surface area contributed by atoms with E-state index < -0.39 is 0 Å². The molecular weight excluding hydrogens is 157 g/mol. The lowest BCUT2D eigenvalue weighted by molar-refractivity contribution is 1.38. The highest BCUT2D eigenvalue weighted by Gasteiger charge is 1.74. The van der Waals surface area contributed by atoms with Crippen LogP contribution >= 0.6 is 36.4 Å². The van der Waals surface area contributed by atoms with Gasteiger partial charge in [-0.2, -0.15) is 0 Å². The molecular formula is C2H8AlCl3. The summed E-state index contributed by atoms with van der Waals surface area (Å²) in [6, 6.07) is 0. The Morgan fingerprint density at radius 1 is 1.50 bits per heavy atom. The van der Waals surface area contributed by atoms with E-state index in [1.807, 2.05) is 6.92 Å². The number of rotatable bonds is 0. The molecule has 0 spiro atoms. The zero-order chi connectivity index (χ0) is 3.58. The van der Waals surface area contributed by atoms with Crippen LogP contribution in [0.2, 0.25) is 0 Å². The van der Waals surface area contributed by atoms with Crippen LogP contribution in [0.15, 0.2) is 0 Å². The van der Waals surface area contributed by atoms with Crippen LogP contribution in [0.5, 0.6) is 0 Å². The minimum Gasteiger partial charge on any atom is -0.147 e. The average Bonchev–Trinajstić information content (AvgIpc) is 0.811. The first kappa shape index (κ1) is 15.7. The maximum Gasteiger partial charge on any atom is 0.240 e. The zero-order valence-corrected chi connectivity index (χ0v) is 8.16. The summed E-state index contributed by atoms with van der Waals surface area (Å²) in [5, 5.41) is 0. The van der Waals surface area contributed by atoms with E-state index in [4.69, 9.17) is 11.6 Å². The van der Waals surface area contributed by atoms with Crippen molar-refractivity contribution in [2.24, 2.45) is 0 Å². The van der Waals surface area contributed by atoms with Gasteiger partial charge in [0.25, 0.3) is 0 Å². The molecule has 0 heterocycles. The van der Waals surface area contributed by atoms with E-state index in [1.165, 1.54) is 0 Å². The summed E-state index contributed by atoms with van der Waals surface area (Å²) in [6.45, 7) is 1.99. The summed E-state index contributed by atoms with van der Waals surface area (Å²) in [7, 11) is 0. The van der Waals surface area contributed by atoms with Crippen LogP contribution < -0.4 is 0 Å². The van der Waals surface area contributed by atoms with Gasteiger partial charge in [0.2, 0.25) is 16.3 Å². The largest absolute Gasteiger partial charge is 0.240 e. The summed E-state index contributed by atoms with van der Waals surface area (Å²) in [5.74, 6) is 0. The van der Waals surface area contributed by atoms with Gasteiger partial charge in [0.05, 0.1) is 0 Å². The highest BCUT2D eigenvalue weighted by molar-refractivity contribution is 6.40. The Labute approximate surface area is 63.9 Å². The van der Waals surface area contributed by atoms with Crippen LogP contribution in [0.4, 0.5) is 0 Å². The van der Waals surface area contributed by atoms with Gasteiger partial charge in [-0.3, -0.25) is 0 Å². The Morgan fingerprint density at radius 3 is 1.50 bits per heavy atom. The Kier molecular flexibility index (Phi) is 25.2. The molecule has 0 radical (unpaired) electrons. The fraction of sp³-hybridized carbons (Fsp3) is 1.00. The molecule has 0 fully saturated rings. The lowest BCUT2D eigenvalue weighted by Crippen LogP contribution is -1.81. The molecule has 0 aliphatic carbocycles. The van der Waals surface area contributed by atoms with E-state index in [2.05, 4.69) is 0 Å². The van der Waals surface area contributed by atoms with E-state index >= 15 is 0 Å². The first-order valence-electron chi connectivity index (χ1n) is 1.37. The van der Waals surface area contributed by atoms with E-state index in [0.29, 0.717) is 4.24 Å². The highest BCUT2D eigenvalue weighted by atomic mass is 35.5. The van der Waals surface area contributed by atoms with Crippen LogP contribution in [0.1, 0.15) is 6.92 Å². The summed E-state index contributed by atoms with van der Waals surface area (Å²) < 4.78 is 0.444. The molecule has 0 aliphatic heterocycles. The zero-order valence-electron chi connectivity index (χ0n) is 3.77. The van der Waals surface area contributed by atoms with Crippen molar-refractivity contribution in [1.82, 2.24) is 0 Å². The molecule has 0 aromatic heterocycles. The molecule has 0 bridgehead atoms. The second-order valence-corrected chi connectivity index (χ2v) is 4.35. The van der Waals surface area contributed by atoms with Gasteiger partial charge in [-0.1, -0.05) is 6.92 Å². The molecule has 0 aromatic rings. The fourth-order valence-corrected chi connectivity index (χ4v) is 0. The number of halogens is 3. The molecule has 0 saturated heterocycles. The van der Waals surface area contributed by atoms with Gasteiger partial charge < -0.3 is 0 Å². The van der Waals surface area contributed by atoms with Gasteiger partial charge in [0, 0.05) is 0 Å². The van der Waals surface area contributed by atoms with Crippen molar-refractivity contribution in [3.8, 4) is 0 Å². The van der Waals surface area contributed by atoms with Gasteiger partial charge in [0.15, 0.2) is 0 Å². The third-order valence-electron chi connectivity index (χ3n) is 0. The Hall–Kier alpha value is 1.40. The van der Waals surface area contributed by atoms with Crippen LogP contribution in [-0.4, -0.2) is 20.5 Å². The second-order valence-electron chi connectivity index (χ2n) is 1.01. The van der Waals surface area contributed by atoms with Gasteiger partial charge in [-0.25, -0.2) is 0 Å². The number of hydrogen-bond donors (Lipinski definition) is 0. The summed E-state index contributed by atoms with van der Waals surface area (Å²) in [4.78, 5) is 0. The predicted octanol–water partition coefficient (Wildman–Crippen LogP) is 1.05. The first-order valence-corrected chi connectivity index (χ1v) is 2.96. The van der Waals surface area contributed by atoms with Crippen molar-refractivity contribution >= 4 is 52.7 Å². The van der Waals surface area contributed by atoms with Gasteiger partial charge in [-0.05, 0) is 4.24 Å². The maximum absolute atomic E-state index is 5.34. The average molecular weight is 165 g/mol. The molecule has 1 atom stereocenters. The molecule has 0 saturated carbocycles. The third kappa shape index (κ3) is 53.2. The lowest BCUT2D eigenvalue weighted by Gasteiger charge is -1.74. The number of hydrogen-bond acceptors (Lipinski definition) is 0. The second kappa shape index (κ2) is 9.64. The van der Waals surface area contributed by atoms with Crippen LogP contribution in [0.25, 0.3) is 0 Å². The van der Waals surface area contributed by atoms with E-state index in [-0.39, 0.29) is 24.8 Å². The van der Waals surface area contributed by atoms with Crippen molar-refractivity contribution in [2.45, 2.75) is 11.2 Å². The van der Waals surface area contributed by atoms with E-state index in [0.717, 1.165) is 16.3 Å². The van der Waals surface area contributed by atoms with Crippen molar-refractivity contribution in [2.75, 3.05) is 0 Å². The third-order valence-corrected chi connectivity index (χ3v) is 0. The lowest BCUT2D eigenvalue weighted by atomic mass is 11.0. The molecule has 0 rings (SSSR count). The van der Waals surface area contributed by atoms with E-state index in [1.54, 1.807) is 0 Å². The quantitative estimate of drug-likeness (QED) is 0.372. The molecule has 0 amide bonds. The topological polar surface area (TPSA) is 0 Å². The highest BCUT2D eigenvalue weighted by Crippen LogP contribution is 1.78. The van der Waals surface area contributed by atoms with Crippen molar-refractivity contribution in [3.05, 3.63) is 0 Å². The molecule has 40 valence electrons. The van der Waals surface area contributed by atoms with Crippen molar-refractivity contribution in [3.63, 3.8) is 0 Å². The maximum atomic E-state index is 5.34. The predicted molar refractivity (Wildman–Crippen MR) is 38.4 cm³/mol. The fourth-order valence-electron chi connectivity index (χ4n) is 0. The molecule has 0 N–H and O–H groups in total. The normalized spacial score (nSPS) is 10.3. The monoisotopic (exact) mass is 164 g/mol. The Balaban J connectivity index is -0.0000000450. The van der Waals surface area contributed by atoms with Crippen LogP contribution in [0.3, 0.4) is 0 Å². The smallest absolute Gasteiger partial charge is 0.147 e. The molecule has 0 aromatic carbocycles. The Morgan fingerprint density at radius 2 is 1.50 bits per heavy atom. The SMILES string of the molecule is C[CH]([AlH2])Cl.Cl.Cl. The summed E-state index contributed by atoms with van der Waals surface area (Å²) in [6.07, 6.45) is 0. The minimum atomic E-state index is 0. The first-order chi connectivity index (χ1) is 1.73. The minimum absolute atomic E-state index is 0. The number of alkyl halides is 1. The summed E-state index contributed by atoms with van der Waals surface area (Å²) in [5.41, 5.74) is 0. The molecule has 0 aliphatic rings. The Bertz CT molecular complexity index is 13.5.